The van der Waals surface area contributed by atoms with Crippen LogP contribution < -0.4 is 0 Å². The Bertz CT molecular complexity index is 132. The SMILES string of the molecule is [CH2]CCCCC(C)C(=O)N(C)C. The lowest BCUT2D eigenvalue weighted by atomic mass is 10.0. The average Bonchev–Trinajstić information content (AvgIpc) is 2.03. The summed E-state index contributed by atoms with van der Waals surface area (Å²) >= 11 is 0. The highest BCUT2D eigenvalue weighted by molar-refractivity contribution is 5.77. The van der Waals surface area contributed by atoms with E-state index >= 15 is 0 Å². The largest absolute Gasteiger partial charge is 0.349 e. The first-order chi connectivity index (χ1) is 5.59. The Kier molecular flexibility index (Phi) is 5.77. The molecular weight excluding hydrogens is 150 g/mol. The highest BCUT2D eigenvalue weighted by Gasteiger charge is 2.13. The van der Waals surface area contributed by atoms with Crippen LogP contribution in [0.5, 0.6) is 0 Å². The van der Waals surface area contributed by atoms with E-state index in [0.717, 1.165) is 25.7 Å². The maximum absolute atomic E-state index is 11.3. The Morgan fingerprint density at radius 3 is 2.42 bits per heavy atom. The zero-order valence-electron chi connectivity index (χ0n) is 8.47. The van der Waals surface area contributed by atoms with E-state index in [0.29, 0.717) is 0 Å². The van der Waals surface area contributed by atoms with Gasteiger partial charge in [-0.2, -0.15) is 0 Å². The first kappa shape index (κ1) is 11.5. The molecule has 0 aliphatic carbocycles. The van der Waals surface area contributed by atoms with E-state index in [4.69, 9.17) is 0 Å². The molecule has 0 aromatic heterocycles. The average molecular weight is 170 g/mol. The van der Waals surface area contributed by atoms with Crippen LogP contribution in [0.15, 0.2) is 0 Å². The zero-order chi connectivity index (χ0) is 9.56. The second-order valence-corrected chi connectivity index (χ2v) is 3.48. The third kappa shape index (κ3) is 4.37. The van der Waals surface area contributed by atoms with Crippen molar-refractivity contribution in [1.82, 2.24) is 4.90 Å². The molecular formula is C10H20NO. The number of nitrogens with zero attached hydrogens (tertiary/aromatic N) is 1. The van der Waals surface area contributed by atoms with Crippen LogP contribution in [-0.4, -0.2) is 24.9 Å². The summed E-state index contributed by atoms with van der Waals surface area (Å²) in [5.74, 6) is 0.408. The van der Waals surface area contributed by atoms with E-state index in [1.807, 2.05) is 6.92 Å². The molecule has 0 rings (SSSR count). The minimum absolute atomic E-state index is 0.173. The van der Waals surface area contributed by atoms with Crippen molar-refractivity contribution in [3.8, 4) is 0 Å². The van der Waals surface area contributed by atoms with Crippen molar-refractivity contribution in [2.45, 2.75) is 32.6 Å². The van der Waals surface area contributed by atoms with Gasteiger partial charge in [-0.05, 0) is 6.42 Å². The Hall–Kier alpha value is -0.530. The van der Waals surface area contributed by atoms with Crippen molar-refractivity contribution in [3.05, 3.63) is 6.92 Å². The number of unbranched alkanes of at least 4 members (excludes halogenated alkanes) is 2. The third-order valence-corrected chi connectivity index (χ3v) is 2.00. The first-order valence-electron chi connectivity index (χ1n) is 4.60. The highest BCUT2D eigenvalue weighted by atomic mass is 16.2. The molecule has 0 heterocycles. The molecule has 2 heteroatoms. The van der Waals surface area contributed by atoms with Crippen LogP contribution in [0.2, 0.25) is 0 Å². The van der Waals surface area contributed by atoms with Crippen LogP contribution in [0.25, 0.3) is 0 Å². The molecule has 1 atom stereocenters. The molecule has 0 spiro atoms. The van der Waals surface area contributed by atoms with E-state index in [-0.39, 0.29) is 11.8 Å². The normalized spacial score (nSPS) is 12.7. The third-order valence-electron chi connectivity index (χ3n) is 2.00. The van der Waals surface area contributed by atoms with Gasteiger partial charge in [-0.1, -0.05) is 33.1 Å². The maximum Gasteiger partial charge on any atom is 0.224 e. The van der Waals surface area contributed by atoms with Crippen LogP contribution in [0.1, 0.15) is 32.6 Å². The summed E-state index contributed by atoms with van der Waals surface area (Å²) in [6.45, 7) is 5.76. The summed E-state index contributed by atoms with van der Waals surface area (Å²) in [6, 6.07) is 0. The van der Waals surface area contributed by atoms with Gasteiger partial charge in [0.15, 0.2) is 0 Å². The van der Waals surface area contributed by atoms with Gasteiger partial charge in [0.05, 0.1) is 0 Å². The van der Waals surface area contributed by atoms with Crippen molar-refractivity contribution in [3.63, 3.8) is 0 Å². The van der Waals surface area contributed by atoms with Crippen molar-refractivity contribution >= 4 is 5.91 Å². The van der Waals surface area contributed by atoms with Gasteiger partial charge in [-0.25, -0.2) is 0 Å². The summed E-state index contributed by atoms with van der Waals surface area (Å²) in [6.07, 6.45) is 4.21. The predicted octanol–water partition coefficient (Wildman–Crippen LogP) is 2.11. The fourth-order valence-corrected chi connectivity index (χ4v) is 1.19. The molecule has 2 nitrogen and oxygen atoms in total. The number of hydrogen-bond donors (Lipinski definition) is 0. The molecule has 0 fully saturated rings. The van der Waals surface area contributed by atoms with Crippen LogP contribution in [0.3, 0.4) is 0 Å². The van der Waals surface area contributed by atoms with Gasteiger partial charge in [-0.15, -0.1) is 0 Å². The molecule has 1 amide bonds. The summed E-state index contributed by atoms with van der Waals surface area (Å²) in [5, 5.41) is 0. The van der Waals surface area contributed by atoms with E-state index in [2.05, 4.69) is 6.92 Å². The van der Waals surface area contributed by atoms with Gasteiger partial charge in [0.25, 0.3) is 0 Å². The van der Waals surface area contributed by atoms with Gasteiger partial charge in [0.2, 0.25) is 5.91 Å². The quantitative estimate of drug-likeness (QED) is 0.579. The maximum atomic E-state index is 11.3. The Labute approximate surface area is 75.9 Å². The van der Waals surface area contributed by atoms with Gasteiger partial charge in [-0.3, -0.25) is 4.79 Å². The van der Waals surface area contributed by atoms with E-state index in [1.165, 1.54) is 0 Å². The van der Waals surface area contributed by atoms with Crippen LogP contribution in [0, 0.1) is 12.8 Å². The first-order valence-corrected chi connectivity index (χ1v) is 4.60. The zero-order valence-corrected chi connectivity index (χ0v) is 8.47. The minimum Gasteiger partial charge on any atom is -0.349 e. The standard InChI is InChI=1S/C10H20NO/c1-5-6-7-8-9(2)10(12)11(3)4/h9H,1,5-8H2,2-4H3. The fourth-order valence-electron chi connectivity index (χ4n) is 1.19. The van der Waals surface area contributed by atoms with Crippen molar-refractivity contribution in [1.29, 1.82) is 0 Å². The Morgan fingerprint density at radius 2 is 2.00 bits per heavy atom. The molecule has 0 aliphatic heterocycles. The van der Waals surface area contributed by atoms with Crippen molar-refractivity contribution in [2.75, 3.05) is 14.1 Å². The van der Waals surface area contributed by atoms with Crippen molar-refractivity contribution in [2.24, 2.45) is 5.92 Å². The summed E-state index contributed by atoms with van der Waals surface area (Å²) < 4.78 is 0. The monoisotopic (exact) mass is 170 g/mol. The molecule has 0 saturated carbocycles. The highest BCUT2D eigenvalue weighted by Crippen LogP contribution is 2.10. The molecule has 1 radical (unpaired) electrons. The summed E-state index contributed by atoms with van der Waals surface area (Å²) in [7, 11) is 3.61. The number of hydrogen-bond acceptors (Lipinski definition) is 1. The predicted molar refractivity (Wildman–Crippen MR) is 51.7 cm³/mol. The van der Waals surface area contributed by atoms with Gasteiger partial charge >= 0.3 is 0 Å². The molecule has 0 aromatic rings. The second-order valence-electron chi connectivity index (χ2n) is 3.48. The lowest BCUT2D eigenvalue weighted by Crippen LogP contribution is -2.27. The van der Waals surface area contributed by atoms with Gasteiger partial charge in [0.1, 0.15) is 0 Å². The minimum atomic E-state index is 0.173. The van der Waals surface area contributed by atoms with Gasteiger partial charge in [0, 0.05) is 20.0 Å². The fraction of sp³-hybridized carbons (Fsp3) is 0.800. The second kappa shape index (κ2) is 6.04. The van der Waals surface area contributed by atoms with E-state index in [9.17, 15) is 4.79 Å². The molecule has 0 aliphatic rings. The molecule has 71 valence electrons. The number of carbonyl (C=O) groups excluding carboxylic acids is 1. The molecule has 1 unspecified atom stereocenters. The summed E-state index contributed by atoms with van der Waals surface area (Å²) in [5.41, 5.74) is 0. The van der Waals surface area contributed by atoms with Gasteiger partial charge < -0.3 is 4.90 Å². The molecule has 0 aromatic carbocycles. The van der Waals surface area contributed by atoms with Crippen molar-refractivity contribution < 1.29 is 4.79 Å². The topological polar surface area (TPSA) is 20.3 Å². The Morgan fingerprint density at radius 1 is 1.42 bits per heavy atom. The molecule has 0 N–H and O–H groups in total. The van der Waals surface area contributed by atoms with Crippen LogP contribution in [-0.2, 0) is 4.79 Å². The van der Waals surface area contributed by atoms with E-state index in [1.54, 1.807) is 19.0 Å². The molecule has 0 saturated heterocycles. The Balaban J connectivity index is 3.57. The van der Waals surface area contributed by atoms with Crippen LogP contribution >= 0.6 is 0 Å². The molecule has 0 bridgehead atoms. The lowest BCUT2D eigenvalue weighted by Gasteiger charge is -2.16. The summed E-state index contributed by atoms with van der Waals surface area (Å²) in [4.78, 5) is 13.0. The smallest absolute Gasteiger partial charge is 0.224 e. The molecule has 12 heavy (non-hydrogen) atoms. The van der Waals surface area contributed by atoms with E-state index < -0.39 is 0 Å². The van der Waals surface area contributed by atoms with Crippen LogP contribution in [0.4, 0.5) is 0 Å². The number of rotatable bonds is 5. The number of amides is 1. The lowest BCUT2D eigenvalue weighted by molar-refractivity contribution is -0.132. The number of carbonyl (C=O) groups is 1.